The molecule has 0 fully saturated rings. The number of nitrogens with one attached hydrogen (secondary N) is 1. The molecule has 0 bridgehead atoms. The lowest BCUT2D eigenvalue weighted by Crippen LogP contribution is -2.12. The van der Waals surface area contributed by atoms with Crippen LogP contribution in [0, 0.1) is 0 Å². The Kier molecular flexibility index (Phi) is 3.30. The molecule has 0 saturated carbocycles. The Morgan fingerprint density at radius 3 is 3.00 bits per heavy atom. The number of carbonyl (C=O) groups excluding carboxylic acids is 1. The second-order valence-electron chi connectivity index (χ2n) is 3.21. The third-order valence-corrected chi connectivity index (χ3v) is 2.33. The van der Waals surface area contributed by atoms with E-state index in [-0.39, 0.29) is 5.91 Å². The molecule has 1 aromatic carbocycles. The van der Waals surface area contributed by atoms with Gasteiger partial charge in [-0.1, -0.05) is 16.8 Å². The Morgan fingerprint density at radius 1 is 1.53 bits per heavy atom. The number of methoxy groups -OCH3 is 1. The highest BCUT2D eigenvalue weighted by Gasteiger charge is 2.13. The molecule has 0 spiro atoms. The minimum absolute atomic E-state index is 0.340. The Balaban J connectivity index is 2.26. The zero-order valence-electron chi connectivity index (χ0n) is 8.94. The first-order chi connectivity index (χ1) is 8.20. The monoisotopic (exact) mass is 252 g/mol. The number of nitrogens with zero attached hydrogens (tertiary/aromatic N) is 1. The maximum absolute atomic E-state index is 11.9. The molecule has 5 nitrogen and oxygen atoms in total. The lowest BCUT2D eigenvalue weighted by Gasteiger charge is -2.08. The molecular formula is C11H9ClN2O3. The first-order valence-corrected chi connectivity index (χ1v) is 5.13. The van der Waals surface area contributed by atoms with Crippen molar-refractivity contribution in [2.45, 2.75) is 0 Å². The zero-order valence-corrected chi connectivity index (χ0v) is 9.69. The van der Waals surface area contributed by atoms with Crippen molar-refractivity contribution < 1.29 is 14.1 Å². The molecule has 0 unspecified atom stereocenters. The summed E-state index contributed by atoms with van der Waals surface area (Å²) in [5, 5.41) is 6.55. The topological polar surface area (TPSA) is 64.4 Å². The molecule has 0 aliphatic carbocycles. The molecule has 1 aromatic heterocycles. The van der Waals surface area contributed by atoms with Gasteiger partial charge in [0.05, 0.1) is 18.9 Å². The fourth-order valence-corrected chi connectivity index (χ4v) is 1.49. The summed E-state index contributed by atoms with van der Waals surface area (Å²) < 4.78 is 9.69. The van der Waals surface area contributed by atoms with E-state index in [2.05, 4.69) is 15.0 Å². The van der Waals surface area contributed by atoms with E-state index in [1.54, 1.807) is 12.1 Å². The van der Waals surface area contributed by atoms with E-state index in [1.165, 1.54) is 25.6 Å². The van der Waals surface area contributed by atoms with E-state index in [0.717, 1.165) is 0 Å². The lowest BCUT2D eigenvalue weighted by molar-refractivity contribution is 0.102. The highest BCUT2D eigenvalue weighted by atomic mass is 35.5. The molecule has 17 heavy (non-hydrogen) atoms. The molecule has 0 aliphatic heterocycles. The number of aromatic nitrogens is 1. The predicted molar refractivity (Wildman–Crippen MR) is 62.5 cm³/mol. The standard InChI is InChI=1S/C11H9ClN2O3/c1-16-10-3-2-7(12)4-9(10)11(15)14-8-5-13-17-6-8/h2-6H,1H3,(H,14,15). The van der Waals surface area contributed by atoms with Crippen LogP contribution < -0.4 is 10.1 Å². The average molecular weight is 253 g/mol. The number of amides is 1. The molecule has 2 aromatic rings. The molecule has 1 amide bonds. The number of hydrogen-bond donors (Lipinski definition) is 1. The maximum Gasteiger partial charge on any atom is 0.259 e. The number of ether oxygens (including phenoxy) is 1. The number of anilines is 1. The highest BCUT2D eigenvalue weighted by molar-refractivity contribution is 6.31. The summed E-state index contributed by atoms with van der Waals surface area (Å²) in [4.78, 5) is 11.9. The van der Waals surface area contributed by atoms with Gasteiger partial charge in [-0.05, 0) is 18.2 Å². The molecular weight excluding hydrogens is 244 g/mol. The van der Waals surface area contributed by atoms with Gasteiger partial charge in [-0.15, -0.1) is 0 Å². The van der Waals surface area contributed by atoms with Crippen molar-refractivity contribution in [3.05, 3.63) is 41.2 Å². The zero-order chi connectivity index (χ0) is 12.3. The van der Waals surface area contributed by atoms with Crippen LogP contribution in [0.25, 0.3) is 0 Å². The van der Waals surface area contributed by atoms with E-state index in [0.29, 0.717) is 22.0 Å². The molecule has 0 atom stereocenters. The number of hydrogen-bond acceptors (Lipinski definition) is 4. The largest absolute Gasteiger partial charge is 0.496 e. The normalized spacial score (nSPS) is 10.0. The van der Waals surface area contributed by atoms with Gasteiger partial charge in [-0.2, -0.15) is 0 Å². The van der Waals surface area contributed by atoms with Gasteiger partial charge < -0.3 is 14.6 Å². The van der Waals surface area contributed by atoms with Crippen LogP contribution in [0.15, 0.2) is 35.2 Å². The second kappa shape index (κ2) is 4.88. The van der Waals surface area contributed by atoms with Gasteiger partial charge in [-0.3, -0.25) is 4.79 Å². The minimum atomic E-state index is -0.340. The summed E-state index contributed by atoms with van der Waals surface area (Å²) in [6.07, 6.45) is 2.73. The van der Waals surface area contributed by atoms with Crippen molar-refractivity contribution in [2.24, 2.45) is 0 Å². The van der Waals surface area contributed by atoms with E-state index >= 15 is 0 Å². The smallest absolute Gasteiger partial charge is 0.259 e. The van der Waals surface area contributed by atoms with Crippen molar-refractivity contribution in [2.75, 3.05) is 12.4 Å². The van der Waals surface area contributed by atoms with E-state index in [9.17, 15) is 4.79 Å². The SMILES string of the molecule is COc1ccc(Cl)cc1C(=O)Nc1cnoc1. The van der Waals surface area contributed by atoms with Crippen LogP contribution in [0.3, 0.4) is 0 Å². The van der Waals surface area contributed by atoms with Crippen LogP contribution in [0.1, 0.15) is 10.4 Å². The fraction of sp³-hybridized carbons (Fsp3) is 0.0909. The number of halogens is 1. The van der Waals surface area contributed by atoms with Gasteiger partial charge in [0.1, 0.15) is 17.7 Å². The van der Waals surface area contributed by atoms with Gasteiger partial charge in [0.15, 0.2) is 0 Å². The molecule has 6 heteroatoms. The van der Waals surface area contributed by atoms with Crippen LogP contribution in [0.4, 0.5) is 5.69 Å². The van der Waals surface area contributed by atoms with Crippen molar-refractivity contribution >= 4 is 23.2 Å². The van der Waals surface area contributed by atoms with E-state index in [1.807, 2.05) is 0 Å². The van der Waals surface area contributed by atoms with Gasteiger partial charge in [-0.25, -0.2) is 0 Å². The first-order valence-electron chi connectivity index (χ1n) is 4.75. The molecule has 1 N–H and O–H groups in total. The van der Waals surface area contributed by atoms with Crippen LogP contribution in [-0.4, -0.2) is 18.2 Å². The maximum atomic E-state index is 11.9. The number of rotatable bonds is 3. The van der Waals surface area contributed by atoms with Crippen LogP contribution in [0.2, 0.25) is 5.02 Å². The van der Waals surface area contributed by atoms with Gasteiger partial charge in [0.25, 0.3) is 5.91 Å². The summed E-state index contributed by atoms with van der Waals surface area (Å²) in [6.45, 7) is 0. The molecule has 0 aliphatic rings. The van der Waals surface area contributed by atoms with E-state index in [4.69, 9.17) is 16.3 Å². The number of carbonyl (C=O) groups is 1. The molecule has 1 heterocycles. The number of benzene rings is 1. The summed E-state index contributed by atoms with van der Waals surface area (Å²) in [5.41, 5.74) is 0.818. The first kappa shape index (κ1) is 11.5. The van der Waals surface area contributed by atoms with Crippen LogP contribution in [-0.2, 0) is 0 Å². The van der Waals surface area contributed by atoms with E-state index < -0.39 is 0 Å². The minimum Gasteiger partial charge on any atom is -0.496 e. The summed E-state index contributed by atoms with van der Waals surface area (Å²) in [7, 11) is 1.49. The van der Waals surface area contributed by atoms with Gasteiger partial charge in [0.2, 0.25) is 0 Å². The predicted octanol–water partition coefficient (Wildman–Crippen LogP) is 2.59. The quantitative estimate of drug-likeness (QED) is 0.912. The summed E-state index contributed by atoms with van der Waals surface area (Å²) >= 11 is 5.83. The lowest BCUT2D eigenvalue weighted by atomic mass is 10.2. The average Bonchev–Trinajstić information content (AvgIpc) is 2.81. The molecule has 0 radical (unpaired) electrons. The molecule has 0 saturated heterocycles. The molecule has 88 valence electrons. The Morgan fingerprint density at radius 2 is 2.35 bits per heavy atom. The highest BCUT2D eigenvalue weighted by Crippen LogP contribution is 2.23. The third-order valence-electron chi connectivity index (χ3n) is 2.10. The summed E-state index contributed by atoms with van der Waals surface area (Å²) in [5.74, 6) is 0.107. The second-order valence-corrected chi connectivity index (χ2v) is 3.65. The van der Waals surface area contributed by atoms with Crippen molar-refractivity contribution in [1.29, 1.82) is 0 Å². The van der Waals surface area contributed by atoms with Crippen molar-refractivity contribution in [3.63, 3.8) is 0 Å². The van der Waals surface area contributed by atoms with Crippen molar-refractivity contribution in [3.8, 4) is 5.75 Å². The Bertz CT molecular complexity index is 526. The van der Waals surface area contributed by atoms with Gasteiger partial charge in [0, 0.05) is 5.02 Å². The van der Waals surface area contributed by atoms with Crippen LogP contribution in [0.5, 0.6) is 5.75 Å². The van der Waals surface area contributed by atoms with Crippen LogP contribution >= 0.6 is 11.6 Å². The summed E-state index contributed by atoms with van der Waals surface area (Å²) in [6, 6.07) is 4.81. The Hall–Kier alpha value is -2.01. The fourth-order valence-electron chi connectivity index (χ4n) is 1.32. The third kappa shape index (κ3) is 2.57. The van der Waals surface area contributed by atoms with Gasteiger partial charge >= 0.3 is 0 Å². The van der Waals surface area contributed by atoms with Crippen molar-refractivity contribution in [1.82, 2.24) is 5.16 Å². The molecule has 2 rings (SSSR count). The Labute approximate surface area is 102 Å².